The van der Waals surface area contributed by atoms with Gasteiger partial charge in [-0.3, -0.25) is 0 Å². The van der Waals surface area contributed by atoms with Gasteiger partial charge in [0.2, 0.25) is 0 Å². The van der Waals surface area contributed by atoms with E-state index in [-0.39, 0.29) is 5.41 Å². The average Bonchev–Trinajstić information content (AvgIpc) is 2.84. The minimum atomic E-state index is 0.172. The van der Waals surface area contributed by atoms with Gasteiger partial charge in [0.05, 0.1) is 5.69 Å². The Kier molecular flexibility index (Phi) is 2.85. The molecule has 0 N–H and O–H groups in total. The summed E-state index contributed by atoms with van der Waals surface area (Å²) < 4.78 is 1.81. The maximum absolute atomic E-state index is 4.61. The third kappa shape index (κ3) is 2.20. The fourth-order valence-corrected chi connectivity index (χ4v) is 2.38. The van der Waals surface area contributed by atoms with Crippen molar-refractivity contribution in [3.63, 3.8) is 0 Å². The van der Waals surface area contributed by atoms with E-state index in [9.17, 15) is 0 Å². The SMILES string of the molecule is Cc1cc(C(C)(C)C)ccc1-c1ccc2nccn2n1. The van der Waals surface area contributed by atoms with Crippen LogP contribution >= 0.6 is 0 Å². The number of aromatic nitrogens is 3. The van der Waals surface area contributed by atoms with Gasteiger partial charge in [-0.1, -0.05) is 39.0 Å². The molecule has 0 fully saturated rings. The maximum atomic E-state index is 4.61. The molecule has 0 aliphatic carbocycles. The second-order valence-corrected chi connectivity index (χ2v) is 6.23. The Morgan fingerprint density at radius 3 is 2.55 bits per heavy atom. The summed E-state index contributed by atoms with van der Waals surface area (Å²) in [5.74, 6) is 0. The van der Waals surface area contributed by atoms with Crippen LogP contribution in [0.4, 0.5) is 0 Å². The second kappa shape index (κ2) is 4.44. The number of rotatable bonds is 1. The Bertz CT molecular complexity index is 763. The topological polar surface area (TPSA) is 30.2 Å². The van der Waals surface area contributed by atoms with E-state index >= 15 is 0 Å². The molecule has 2 heterocycles. The molecule has 0 radical (unpaired) electrons. The second-order valence-electron chi connectivity index (χ2n) is 6.23. The number of nitrogens with zero attached hydrogens (tertiary/aromatic N) is 3. The Morgan fingerprint density at radius 1 is 1.05 bits per heavy atom. The third-order valence-electron chi connectivity index (χ3n) is 3.62. The van der Waals surface area contributed by atoms with Crippen molar-refractivity contribution in [2.45, 2.75) is 33.1 Å². The van der Waals surface area contributed by atoms with E-state index in [2.05, 4.69) is 56.0 Å². The number of hydrogen-bond donors (Lipinski definition) is 0. The molecule has 0 aliphatic rings. The molecule has 20 heavy (non-hydrogen) atoms. The first-order chi connectivity index (χ1) is 9.45. The largest absolute Gasteiger partial charge is 0.236 e. The van der Waals surface area contributed by atoms with Crippen LogP contribution < -0.4 is 0 Å². The predicted octanol–water partition coefficient (Wildman–Crippen LogP) is 4.00. The summed E-state index contributed by atoms with van der Waals surface area (Å²) in [5, 5.41) is 4.61. The number of fused-ring (bicyclic) bond motifs is 1. The van der Waals surface area contributed by atoms with Gasteiger partial charge in [0, 0.05) is 18.0 Å². The van der Waals surface area contributed by atoms with E-state index < -0.39 is 0 Å². The molecule has 3 nitrogen and oxygen atoms in total. The number of imidazole rings is 1. The van der Waals surface area contributed by atoms with Gasteiger partial charge in [-0.2, -0.15) is 5.10 Å². The summed E-state index contributed by atoms with van der Waals surface area (Å²) in [6.45, 7) is 8.84. The molecule has 0 unspecified atom stereocenters. The van der Waals surface area contributed by atoms with E-state index in [0.29, 0.717) is 0 Å². The van der Waals surface area contributed by atoms with Gasteiger partial charge in [0.1, 0.15) is 0 Å². The van der Waals surface area contributed by atoms with E-state index in [1.807, 2.05) is 22.8 Å². The predicted molar refractivity (Wildman–Crippen MR) is 81.9 cm³/mol. The standard InChI is InChI=1S/C17H19N3/c1-12-11-13(17(2,3)4)5-6-14(12)15-7-8-16-18-9-10-20(16)19-15/h5-11H,1-4H3. The molecule has 1 aromatic carbocycles. The summed E-state index contributed by atoms with van der Waals surface area (Å²) in [5.41, 5.74) is 5.80. The fraction of sp³-hybridized carbons (Fsp3) is 0.294. The molecule has 0 spiro atoms. The fourth-order valence-electron chi connectivity index (χ4n) is 2.38. The Labute approximate surface area is 119 Å². The van der Waals surface area contributed by atoms with Crippen LogP contribution in [0.3, 0.4) is 0 Å². The molecule has 0 saturated carbocycles. The zero-order valence-corrected chi connectivity index (χ0v) is 12.4. The molecule has 2 aromatic heterocycles. The van der Waals surface area contributed by atoms with Crippen LogP contribution in [-0.4, -0.2) is 14.6 Å². The molecule has 0 amide bonds. The van der Waals surface area contributed by atoms with Crippen LogP contribution in [0.5, 0.6) is 0 Å². The van der Waals surface area contributed by atoms with Crippen LogP contribution in [0.2, 0.25) is 0 Å². The van der Waals surface area contributed by atoms with Crippen molar-refractivity contribution in [3.8, 4) is 11.3 Å². The molecule has 0 atom stereocenters. The first kappa shape index (κ1) is 12.9. The molecular formula is C17H19N3. The van der Waals surface area contributed by atoms with Gasteiger partial charge in [-0.05, 0) is 35.6 Å². The van der Waals surface area contributed by atoms with Crippen molar-refractivity contribution in [1.82, 2.24) is 14.6 Å². The minimum absolute atomic E-state index is 0.172. The van der Waals surface area contributed by atoms with E-state index in [1.54, 1.807) is 6.20 Å². The quantitative estimate of drug-likeness (QED) is 0.665. The van der Waals surface area contributed by atoms with E-state index in [0.717, 1.165) is 11.3 Å². The zero-order valence-electron chi connectivity index (χ0n) is 12.4. The van der Waals surface area contributed by atoms with Gasteiger partial charge >= 0.3 is 0 Å². The van der Waals surface area contributed by atoms with Crippen molar-refractivity contribution in [3.05, 3.63) is 53.9 Å². The third-order valence-corrected chi connectivity index (χ3v) is 3.62. The van der Waals surface area contributed by atoms with Gasteiger partial charge < -0.3 is 0 Å². The molecule has 0 bridgehead atoms. The van der Waals surface area contributed by atoms with Gasteiger partial charge in [-0.15, -0.1) is 0 Å². The van der Waals surface area contributed by atoms with Crippen molar-refractivity contribution in [2.75, 3.05) is 0 Å². The lowest BCUT2D eigenvalue weighted by atomic mass is 9.85. The minimum Gasteiger partial charge on any atom is -0.236 e. The van der Waals surface area contributed by atoms with Crippen molar-refractivity contribution in [1.29, 1.82) is 0 Å². The summed E-state index contributed by atoms with van der Waals surface area (Å²) in [4.78, 5) is 4.22. The lowest BCUT2D eigenvalue weighted by molar-refractivity contribution is 0.590. The van der Waals surface area contributed by atoms with Crippen LogP contribution in [0.25, 0.3) is 16.9 Å². The van der Waals surface area contributed by atoms with Crippen molar-refractivity contribution < 1.29 is 0 Å². The van der Waals surface area contributed by atoms with Crippen LogP contribution in [-0.2, 0) is 5.41 Å². The summed E-state index contributed by atoms with van der Waals surface area (Å²) in [7, 11) is 0. The van der Waals surface area contributed by atoms with Crippen LogP contribution in [0.15, 0.2) is 42.7 Å². The lowest BCUT2D eigenvalue weighted by Gasteiger charge is -2.20. The number of hydrogen-bond acceptors (Lipinski definition) is 2. The Morgan fingerprint density at radius 2 is 1.85 bits per heavy atom. The molecule has 3 heteroatoms. The number of benzene rings is 1. The highest BCUT2D eigenvalue weighted by molar-refractivity contribution is 5.65. The smallest absolute Gasteiger partial charge is 0.153 e. The summed E-state index contributed by atoms with van der Waals surface area (Å²) in [6, 6.07) is 10.7. The molecule has 0 aliphatic heterocycles. The van der Waals surface area contributed by atoms with Crippen molar-refractivity contribution >= 4 is 5.65 Å². The van der Waals surface area contributed by atoms with Gasteiger partial charge in [-0.25, -0.2) is 9.50 Å². The van der Waals surface area contributed by atoms with E-state index in [1.165, 1.54) is 16.7 Å². The Balaban J connectivity index is 2.09. The summed E-state index contributed by atoms with van der Waals surface area (Å²) in [6.07, 6.45) is 3.64. The average molecular weight is 265 g/mol. The van der Waals surface area contributed by atoms with Crippen LogP contribution in [0, 0.1) is 6.92 Å². The lowest BCUT2D eigenvalue weighted by Crippen LogP contribution is -2.11. The van der Waals surface area contributed by atoms with Crippen LogP contribution in [0.1, 0.15) is 31.9 Å². The first-order valence-corrected chi connectivity index (χ1v) is 6.87. The van der Waals surface area contributed by atoms with Gasteiger partial charge in [0.25, 0.3) is 0 Å². The first-order valence-electron chi connectivity index (χ1n) is 6.87. The summed E-state index contributed by atoms with van der Waals surface area (Å²) >= 11 is 0. The highest BCUT2D eigenvalue weighted by Gasteiger charge is 2.15. The number of aryl methyl sites for hydroxylation is 1. The highest BCUT2D eigenvalue weighted by Crippen LogP contribution is 2.28. The highest BCUT2D eigenvalue weighted by atomic mass is 15.2. The van der Waals surface area contributed by atoms with Gasteiger partial charge in [0.15, 0.2) is 5.65 Å². The molecule has 3 rings (SSSR count). The molecule has 0 saturated heterocycles. The molecule has 3 aromatic rings. The van der Waals surface area contributed by atoms with E-state index in [4.69, 9.17) is 0 Å². The molecular weight excluding hydrogens is 246 g/mol. The zero-order chi connectivity index (χ0) is 14.3. The van der Waals surface area contributed by atoms with Crippen molar-refractivity contribution in [2.24, 2.45) is 0 Å². The normalized spacial score (nSPS) is 12.0. The Hall–Kier alpha value is -2.16. The monoisotopic (exact) mass is 265 g/mol. The maximum Gasteiger partial charge on any atom is 0.153 e. The molecule has 102 valence electrons.